The Morgan fingerprint density at radius 2 is 1.89 bits per heavy atom. The minimum absolute atomic E-state index is 0.0342. The van der Waals surface area contributed by atoms with Gasteiger partial charge in [-0.25, -0.2) is 8.42 Å². The molecule has 0 saturated carbocycles. The number of ether oxygens (including phenoxy) is 1. The van der Waals surface area contributed by atoms with Crippen LogP contribution in [0.25, 0.3) is 0 Å². The quantitative estimate of drug-likeness (QED) is 0.711. The van der Waals surface area contributed by atoms with Crippen molar-refractivity contribution in [3.8, 4) is 0 Å². The molecule has 0 unspecified atom stereocenters. The first-order valence-electron chi connectivity index (χ1n) is 8.79. The number of carbonyl (C=O) groups is 1. The van der Waals surface area contributed by atoms with Crippen molar-refractivity contribution in [3.05, 3.63) is 58.6 Å². The number of nitrogens with one attached hydrogen (secondary N) is 1. The lowest BCUT2D eigenvalue weighted by atomic mass is 10.2. The fourth-order valence-corrected chi connectivity index (χ4v) is 4.62. The number of carbonyl (C=O) groups excluding carboxylic acids is 1. The maximum absolute atomic E-state index is 13.2. The highest BCUT2D eigenvalue weighted by molar-refractivity contribution is 7.92. The minimum Gasteiger partial charge on any atom is -0.376 e. The van der Waals surface area contributed by atoms with Crippen molar-refractivity contribution >= 4 is 44.8 Å². The average Bonchev–Trinajstić information content (AvgIpc) is 3.21. The molecule has 1 aliphatic heterocycles. The summed E-state index contributed by atoms with van der Waals surface area (Å²) in [6.07, 6.45) is 1.80. The number of hydrogen-bond acceptors (Lipinski definition) is 4. The fraction of sp³-hybridized carbons (Fsp3) is 0.316. The first-order valence-corrected chi connectivity index (χ1v) is 11.0. The predicted octanol–water partition coefficient (Wildman–Crippen LogP) is 3.48. The molecule has 2 aromatic rings. The number of hydrogen-bond donors (Lipinski definition) is 1. The van der Waals surface area contributed by atoms with Gasteiger partial charge in [0, 0.05) is 13.2 Å². The lowest BCUT2D eigenvalue weighted by molar-refractivity contribution is -0.120. The van der Waals surface area contributed by atoms with Crippen LogP contribution in [0.2, 0.25) is 10.0 Å². The van der Waals surface area contributed by atoms with E-state index >= 15 is 0 Å². The van der Waals surface area contributed by atoms with Crippen LogP contribution in [0.4, 0.5) is 5.69 Å². The second-order valence-corrected chi connectivity index (χ2v) is 9.04. The van der Waals surface area contributed by atoms with Gasteiger partial charge in [-0.05, 0) is 43.2 Å². The second-order valence-electron chi connectivity index (χ2n) is 6.36. The molecule has 0 aromatic heterocycles. The molecular weight excluding hydrogens is 423 g/mol. The molecule has 1 aliphatic rings. The van der Waals surface area contributed by atoms with E-state index in [0.717, 1.165) is 17.1 Å². The Kier molecular flexibility index (Phi) is 6.82. The van der Waals surface area contributed by atoms with Crippen LogP contribution in [-0.4, -0.2) is 40.1 Å². The van der Waals surface area contributed by atoms with E-state index in [1.165, 1.54) is 30.3 Å². The molecule has 1 heterocycles. The Balaban J connectivity index is 1.85. The number of amides is 1. The molecule has 6 nitrogen and oxygen atoms in total. The van der Waals surface area contributed by atoms with Crippen LogP contribution in [-0.2, 0) is 19.6 Å². The SMILES string of the molecule is O=C(CN(c1ccc(Cl)c(Cl)c1)S(=O)(=O)c1ccccc1)NC[C@@H]1CCCO1. The minimum atomic E-state index is -3.98. The Morgan fingerprint density at radius 1 is 1.14 bits per heavy atom. The van der Waals surface area contributed by atoms with Crippen molar-refractivity contribution < 1.29 is 17.9 Å². The van der Waals surface area contributed by atoms with Crippen LogP contribution < -0.4 is 9.62 Å². The molecule has 3 rings (SSSR count). The molecule has 0 radical (unpaired) electrons. The summed E-state index contributed by atoms with van der Waals surface area (Å²) in [6.45, 7) is 0.639. The van der Waals surface area contributed by atoms with Crippen molar-refractivity contribution in [1.29, 1.82) is 0 Å². The van der Waals surface area contributed by atoms with Crippen LogP contribution >= 0.6 is 23.2 Å². The second kappa shape index (κ2) is 9.13. The normalized spacial score (nSPS) is 16.7. The van der Waals surface area contributed by atoms with Crippen LogP contribution in [0.1, 0.15) is 12.8 Å². The van der Waals surface area contributed by atoms with Crippen molar-refractivity contribution in [2.45, 2.75) is 23.8 Å². The van der Waals surface area contributed by atoms with E-state index in [1.807, 2.05) is 0 Å². The van der Waals surface area contributed by atoms with Crippen LogP contribution in [0.5, 0.6) is 0 Å². The van der Waals surface area contributed by atoms with Gasteiger partial charge in [0.25, 0.3) is 10.0 Å². The van der Waals surface area contributed by atoms with Crippen molar-refractivity contribution in [3.63, 3.8) is 0 Å². The third-order valence-corrected chi connectivity index (χ3v) is 6.89. The molecule has 0 spiro atoms. The molecule has 1 N–H and O–H groups in total. The standard InChI is InChI=1S/C19H20Cl2N2O4S/c20-17-9-8-14(11-18(17)21)23(28(25,26)16-6-2-1-3-7-16)13-19(24)22-12-15-5-4-10-27-15/h1-3,6-9,11,15H,4-5,10,12-13H2,(H,22,24)/t15-/m0/s1. The monoisotopic (exact) mass is 442 g/mol. The highest BCUT2D eigenvalue weighted by Gasteiger charge is 2.28. The summed E-state index contributed by atoms with van der Waals surface area (Å²) in [4.78, 5) is 12.6. The van der Waals surface area contributed by atoms with Crippen molar-refractivity contribution in [2.75, 3.05) is 24.0 Å². The number of benzene rings is 2. The van der Waals surface area contributed by atoms with Gasteiger partial charge in [0.1, 0.15) is 6.54 Å². The number of halogens is 2. The van der Waals surface area contributed by atoms with E-state index in [9.17, 15) is 13.2 Å². The zero-order valence-corrected chi connectivity index (χ0v) is 17.3. The average molecular weight is 443 g/mol. The third-order valence-electron chi connectivity index (χ3n) is 4.36. The summed E-state index contributed by atoms with van der Waals surface area (Å²) in [7, 11) is -3.98. The van der Waals surface area contributed by atoms with E-state index in [0.29, 0.717) is 18.2 Å². The van der Waals surface area contributed by atoms with Crippen LogP contribution in [0.15, 0.2) is 53.4 Å². The van der Waals surface area contributed by atoms with Crippen LogP contribution in [0.3, 0.4) is 0 Å². The molecule has 1 saturated heterocycles. The molecule has 0 bridgehead atoms. The first kappa shape index (κ1) is 20.9. The Hall–Kier alpha value is -1.80. The van der Waals surface area contributed by atoms with Crippen LogP contribution in [0, 0.1) is 0 Å². The lowest BCUT2D eigenvalue weighted by Crippen LogP contribution is -2.42. The van der Waals surface area contributed by atoms with E-state index in [2.05, 4.69) is 5.32 Å². The lowest BCUT2D eigenvalue weighted by Gasteiger charge is -2.24. The summed E-state index contributed by atoms with van der Waals surface area (Å²) >= 11 is 12.0. The number of rotatable bonds is 7. The summed E-state index contributed by atoms with van der Waals surface area (Å²) < 4.78 is 32.8. The maximum Gasteiger partial charge on any atom is 0.264 e. The Morgan fingerprint density at radius 3 is 2.54 bits per heavy atom. The Bertz CT molecular complexity index is 932. The van der Waals surface area contributed by atoms with E-state index in [4.69, 9.17) is 27.9 Å². The molecule has 1 fully saturated rings. The molecule has 9 heteroatoms. The van der Waals surface area contributed by atoms with Gasteiger partial charge >= 0.3 is 0 Å². The summed E-state index contributed by atoms with van der Waals surface area (Å²) in [5, 5.41) is 3.24. The van der Waals surface area contributed by atoms with Gasteiger partial charge in [0.05, 0.1) is 26.7 Å². The topological polar surface area (TPSA) is 75.7 Å². The van der Waals surface area contributed by atoms with E-state index < -0.39 is 15.9 Å². The largest absolute Gasteiger partial charge is 0.376 e. The van der Waals surface area contributed by atoms with Gasteiger partial charge in [-0.3, -0.25) is 9.10 Å². The van der Waals surface area contributed by atoms with Gasteiger partial charge in [0.2, 0.25) is 5.91 Å². The maximum atomic E-state index is 13.2. The highest BCUT2D eigenvalue weighted by Crippen LogP contribution is 2.30. The molecule has 2 aromatic carbocycles. The predicted molar refractivity (Wildman–Crippen MR) is 109 cm³/mol. The summed E-state index contributed by atoms with van der Waals surface area (Å²) in [6, 6.07) is 12.4. The smallest absolute Gasteiger partial charge is 0.264 e. The number of nitrogens with zero attached hydrogens (tertiary/aromatic N) is 1. The van der Waals surface area contributed by atoms with Gasteiger partial charge < -0.3 is 10.1 Å². The first-order chi connectivity index (χ1) is 13.4. The summed E-state index contributed by atoms with van der Waals surface area (Å²) in [5.74, 6) is -0.430. The molecular formula is C19H20Cl2N2O4S. The Labute approximate surface area is 174 Å². The molecule has 0 aliphatic carbocycles. The molecule has 1 amide bonds. The number of anilines is 1. The van der Waals surface area contributed by atoms with E-state index in [-0.39, 0.29) is 28.3 Å². The summed E-state index contributed by atoms with van der Waals surface area (Å²) in [5.41, 5.74) is 0.255. The van der Waals surface area contributed by atoms with Crippen molar-refractivity contribution in [1.82, 2.24) is 5.32 Å². The van der Waals surface area contributed by atoms with Crippen molar-refractivity contribution in [2.24, 2.45) is 0 Å². The molecule has 28 heavy (non-hydrogen) atoms. The van der Waals surface area contributed by atoms with Gasteiger partial charge in [-0.2, -0.15) is 0 Å². The fourth-order valence-electron chi connectivity index (χ4n) is 2.89. The third kappa shape index (κ3) is 4.97. The highest BCUT2D eigenvalue weighted by atomic mass is 35.5. The zero-order valence-electron chi connectivity index (χ0n) is 15.0. The van der Waals surface area contributed by atoms with E-state index in [1.54, 1.807) is 18.2 Å². The zero-order chi connectivity index (χ0) is 20.1. The van der Waals surface area contributed by atoms with Gasteiger partial charge in [-0.1, -0.05) is 41.4 Å². The molecule has 1 atom stereocenters. The molecule has 150 valence electrons. The van der Waals surface area contributed by atoms with Gasteiger partial charge in [0.15, 0.2) is 0 Å². The van der Waals surface area contributed by atoms with Gasteiger partial charge in [-0.15, -0.1) is 0 Å². The number of sulfonamides is 1.